The van der Waals surface area contributed by atoms with Gasteiger partial charge in [0.05, 0.1) is 10.6 Å². The molecule has 0 bridgehead atoms. The van der Waals surface area contributed by atoms with Crippen LogP contribution in [0.15, 0.2) is 53.4 Å². The molecule has 0 fully saturated rings. The first-order chi connectivity index (χ1) is 12.3. The topological polar surface area (TPSA) is 75.3 Å². The Morgan fingerprint density at radius 3 is 1.93 bits per heavy atom. The molecule has 0 radical (unpaired) electrons. The minimum absolute atomic E-state index is 0.110. The predicted octanol–water partition coefficient (Wildman–Crippen LogP) is 4.31. The van der Waals surface area contributed by atoms with Crippen molar-refractivity contribution in [3.63, 3.8) is 0 Å². The van der Waals surface area contributed by atoms with E-state index in [2.05, 4.69) is 10.0 Å². The van der Waals surface area contributed by atoms with Crippen molar-refractivity contribution >= 4 is 21.6 Å². The lowest BCUT2D eigenvalue weighted by atomic mass is 9.86. The van der Waals surface area contributed by atoms with Crippen LogP contribution in [-0.2, 0) is 15.4 Å². The average molecular weight is 389 g/mol. The summed E-state index contributed by atoms with van der Waals surface area (Å²) in [5.74, 6) is -0.238. The van der Waals surface area contributed by atoms with Gasteiger partial charge < -0.3 is 5.32 Å². The Balaban J connectivity index is 2.27. The van der Waals surface area contributed by atoms with Crippen LogP contribution in [0.3, 0.4) is 0 Å². The number of amides is 1. The Bertz CT molecular complexity index is 919. The van der Waals surface area contributed by atoms with Gasteiger partial charge in [-0.05, 0) is 62.1 Å². The van der Waals surface area contributed by atoms with Crippen LogP contribution in [0.2, 0.25) is 0 Å². The van der Waals surface area contributed by atoms with E-state index in [1.54, 1.807) is 12.1 Å². The van der Waals surface area contributed by atoms with E-state index in [4.69, 9.17) is 0 Å². The fourth-order valence-electron chi connectivity index (χ4n) is 2.63. The summed E-state index contributed by atoms with van der Waals surface area (Å²) in [6.45, 7) is 11.8. The predicted molar refractivity (Wildman–Crippen MR) is 110 cm³/mol. The molecule has 146 valence electrons. The van der Waals surface area contributed by atoms with E-state index in [0.717, 1.165) is 5.56 Å². The largest absolute Gasteiger partial charge is 0.347 e. The lowest BCUT2D eigenvalue weighted by Crippen LogP contribution is -2.40. The fraction of sp³-hybridized carbons (Fsp3) is 0.381. The zero-order chi connectivity index (χ0) is 20.5. The molecular weight excluding hydrogens is 360 g/mol. The Hall–Kier alpha value is -2.34. The average Bonchev–Trinajstić information content (AvgIpc) is 2.52. The van der Waals surface area contributed by atoms with Gasteiger partial charge in [-0.15, -0.1) is 0 Å². The number of carbonyl (C=O) groups is 1. The van der Waals surface area contributed by atoms with Crippen LogP contribution in [0.5, 0.6) is 0 Å². The molecule has 2 N–H and O–H groups in total. The minimum Gasteiger partial charge on any atom is -0.347 e. The van der Waals surface area contributed by atoms with E-state index in [9.17, 15) is 13.2 Å². The Labute approximate surface area is 162 Å². The summed E-state index contributed by atoms with van der Waals surface area (Å²) in [5, 5.41) is 2.85. The van der Waals surface area contributed by atoms with Crippen LogP contribution in [-0.4, -0.2) is 19.9 Å². The molecule has 2 aromatic carbocycles. The van der Waals surface area contributed by atoms with Crippen molar-refractivity contribution in [2.75, 3.05) is 4.72 Å². The number of carbonyl (C=O) groups excluding carboxylic acids is 1. The summed E-state index contributed by atoms with van der Waals surface area (Å²) in [7, 11) is -3.76. The molecule has 0 heterocycles. The number of benzene rings is 2. The van der Waals surface area contributed by atoms with Crippen LogP contribution in [0.25, 0.3) is 0 Å². The second-order valence-electron chi connectivity index (χ2n) is 8.63. The van der Waals surface area contributed by atoms with E-state index in [0.29, 0.717) is 11.3 Å². The minimum atomic E-state index is -3.76. The first kappa shape index (κ1) is 21.0. The number of para-hydroxylation sites is 1. The number of hydrogen-bond donors (Lipinski definition) is 2. The summed E-state index contributed by atoms with van der Waals surface area (Å²) < 4.78 is 28.2. The summed E-state index contributed by atoms with van der Waals surface area (Å²) >= 11 is 0. The summed E-state index contributed by atoms with van der Waals surface area (Å²) in [6, 6.07) is 13.3. The van der Waals surface area contributed by atoms with Crippen molar-refractivity contribution in [2.45, 2.75) is 57.4 Å². The third-order valence-electron chi connectivity index (χ3n) is 3.89. The second-order valence-corrected chi connectivity index (χ2v) is 10.3. The van der Waals surface area contributed by atoms with Gasteiger partial charge in [0.25, 0.3) is 15.9 Å². The standard InChI is InChI=1S/C21H28N2O3S/c1-20(2,3)17-9-7-8-10-18(17)23-27(25,26)16-13-11-15(12-14-16)19(24)22-21(4,5)6/h7-14,23H,1-6H3,(H,22,24). The van der Waals surface area contributed by atoms with Crippen molar-refractivity contribution in [3.05, 3.63) is 59.7 Å². The second kappa shape index (κ2) is 7.35. The highest BCUT2D eigenvalue weighted by atomic mass is 32.2. The van der Waals surface area contributed by atoms with Gasteiger partial charge in [-0.2, -0.15) is 0 Å². The molecule has 0 spiro atoms. The maximum atomic E-state index is 12.8. The van der Waals surface area contributed by atoms with Crippen LogP contribution < -0.4 is 10.0 Å². The Kier molecular flexibility index (Phi) is 5.71. The number of hydrogen-bond acceptors (Lipinski definition) is 3. The normalized spacial score (nSPS) is 12.5. The summed E-state index contributed by atoms with van der Waals surface area (Å²) in [5.41, 5.74) is 1.32. The third-order valence-corrected chi connectivity index (χ3v) is 5.28. The van der Waals surface area contributed by atoms with Crippen LogP contribution in [0.4, 0.5) is 5.69 Å². The van der Waals surface area contributed by atoms with Crippen LogP contribution in [0.1, 0.15) is 57.5 Å². The van der Waals surface area contributed by atoms with Crippen molar-refractivity contribution < 1.29 is 13.2 Å². The maximum absolute atomic E-state index is 12.8. The molecule has 0 aliphatic carbocycles. The molecule has 2 rings (SSSR count). The van der Waals surface area contributed by atoms with Gasteiger partial charge in [-0.1, -0.05) is 39.0 Å². The Morgan fingerprint density at radius 1 is 0.852 bits per heavy atom. The van der Waals surface area contributed by atoms with Crippen molar-refractivity contribution in [2.24, 2.45) is 0 Å². The van der Waals surface area contributed by atoms with Gasteiger partial charge in [0, 0.05) is 11.1 Å². The molecule has 6 heteroatoms. The van der Waals surface area contributed by atoms with Gasteiger partial charge in [-0.25, -0.2) is 8.42 Å². The zero-order valence-corrected chi connectivity index (χ0v) is 17.6. The summed E-state index contributed by atoms with van der Waals surface area (Å²) in [6.07, 6.45) is 0. The Morgan fingerprint density at radius 2 is 1.41 bits per heavy atom. The summed E-state index contributed by atoms with van der Waals surface area (Å²) in [4.78, 5) is 12.3. The molecule has 0 aromatic heterocycles. The molecule has 0 aliphatic heterocycles. The molecule has 27 heavy (non-hydrogen) atoms. The molecule has 0 unspecified atom stereocenters. The van der Waals surface area contributed by atoms with Gasteiger partial charge in [0.1, 0.15) is 0 Å². The first-order valence-corrected chi connectivity index (χ1v) is 10.3. The zero-order valence-electron chi connectivity index (χ0n) is 16.8. The smallest absolute Gasteiger partial charge is 0.261 e. The monoisotopic (exact) mass is 388 g/mol. The lowest BCUT2D eigenvalue weighted by molar-refractivity contribution is 0.0919. The number of anilines is 1. The number of nitrogens with one attached hydrogen (secondary N) is 2. The van der Waals surface area contributed by atoms with Gasteiger partial charge in [-0.3, -0.25) is 9.52 Å². The lowest BCUT2D eigenvalue weighted by Gasteiger charge is -2.23. The van der Waals surface area contributed by atoms with Crippen molar-refractivity contribution in [3.8, 4) is 0 Å². The van der Waals surface area contributed by atoms with Gasteiger partial charge in [0.15, 0.2) is 0 Å². The highest BCUT2D eigenvalue weighted by Crippen LogP contribution is 2.30. The van der Waals surface area contributed by atoms with Crippen molar-refractivity contribution in [1.29, 1.82) is 0 Å². The van der Waals surface area contributed by atoms with E-state index >= 15 is 0 Å². The van der Waals surface area contributed by atoms with Gasteiger partial charge in [0.2, 0.25) is 0 Å². The molecule has 2 aromatic rings. The van der Waals surface area contributed by atoms with E-state index in [-0.39, 0.29) is 21.8 Å². The van der Waals surface area contributed by atoms with Crippen LogP contribution >= 0.6 is 0 Å². The molecule has 0 atom stereocenters. The molecule has 0 aliphatic rings. The third kappa shape index (κ3) is 5.57. The maximum Gasteiger partial charge on any atom is 0.261 e. The fourth-order valence-corrected chi connectivity index (χ4v) is 3.71. The van der Waals surface area contributed by atoms with E-state index in [1.165, 1.54) is 24.3 Å². The van der Waals surface area contributed by atoms with Crippen molar-refractivity contribution in [1.82, 2.24) is 5.32 Å². The number of rotatable bonds is 4. The first-order valence-electron chi connectivity index (χ1n) is 8.84. The highest BCUT2D eigenvalue weighted by molar-refractivity contribution is 7.92. The molecule has 5 nitrogen and oxygen atoms in total. The number of sulfonamides is 1. The molecule has 0 saturated carbocycles. The molecular formula is C21H28N2O3S. The van der Waals surface area contributed by atoms with Crippen LogP contribution in [0, 0.1) is 0 Å². The van der Waals surface area contributed by atoms with Gasteiger partial charge >= 0.3 is 0 Å². The molecule has 1 amide bonds. The van der Waals surface area contributed by atoms with E-state index in [1.807, 2.05) is 53.7 Å². The van der Waals surface area contributed by atoms with E-state index < -0.39 is 10.0 Å². The SMILES string of the molecule is CC(C)(C)NC(=O)c1ccc(S(=O)(=O)Nc2ccccc2C(C)(C)C)cc1. The highest BCUT2D eigenvalue weighted by Gasteiger charge is 2.22. The molecule has 0 saturated heterocycles. The quantitative estimate of drug-likeness (QED) is 0.819.